The number of nitrogens with zero attached hydrogens (tertiary/aromatic N) is 1. The maximum Gasteiger partial charge on any atom is 0.416 e. The number of amides is 1. The van der Waals surface area contributed by atoms with Crippen LogP contribution in [0.25, 0.3) is 6.08 Å². The maximum absolute atomic E-state index is 13.1. The minimum Gasteiger partial charge on any atom is -0.488 e. The normalized spacial score (nSPS) is 15.3. The molecule has 1 saturated heterocycles. The van der Waals surface area contributed by atoms with E-state index in [4.69, 9.17) is 28.6 Å². The van der Waals surface area contributed by atoms with Gasteiger partial charge in [0.1, 0.15) is 12.4 Å². The molecule has 0 unspecified atom stereocenters. The van der Waals surface area contributed by atoms with Crippen LogP contribution in [0.3, 0.4) is 0 Å². The molecular formula is C24H14BrClF3NO2S2. The molecule has 1 aliphatic rings. The Morgan fingerprint density at radius 3 is 2.53 bits per heavy atom. The van der Waals surface area contributed by atoms with E-state index in [1.54, 1.807) is 30.3 Å². The zero-order valence-electron chi connectivity index (χ0n) is 17.1. The van der Waals surface area contributed by atoms with Crippen molar-refractivity contribution in [3.05, 3.63) is 97.8 Å². The van der Waals surface area contributed by atoms with Gasteiger partial charge in [0.2, 0.25) is 0 Å². The van der Waals surface area contributed by atoms with Gasteiger partial charge in [-0.05, 0) is 60.2 Å². The van der Waals surface area contributed by atoms with Crippen molar-refractivity contribution in [2.45, 2.75) is 12.8 Å². The molecule has 3 aromatic rings. The van der Waals surface area contributed by atoms with Crippen LogP contribution in [0.2, 0.25) is 5.02 Å². The highest BCUT2D eigenvalue weighted by molar-refractivity contribution is 9.10. The summed E-state index contributed by atoms with van der Waals surface area (Å²) in [6.45, 7) is 0.283. The summed E-state index contributed by atoms with van der Waals surface area (Å²) < 4.78 is 46.3. The van der Waals surface area contributed by atoms with E-state index in [-0.39, 0.29) is 21.5 Å². The molecule has 34 heavy (non-hydrogen) atoms. The highest BCUT2D eigenvalue weighted by Gasteiger charge is 2.36. The summed E-state index contributed by atoms with van der Waals surface area (Å²) in [4.78, 5) is 14.5. The predicted molar refractivity (Wildman–Crippen MR) is 137 cm³/mol. The number of ether oxygens (including phenoxy) is 1. The number of thiocarbonyl (C=S) groups is 1. The molecule has 0 bridgehead atoms. The van der Waals surface area contributed by atoms with E-state index in [0.717, 1.165) is 38.8 Å². The van der Waals surface area contributed by atoms with Gasteiger partial charge in [0, 0.05) is 15.1 Å². The fourth-order valence-electron chi connectivity index (χ4n) is 3.16. The Bertz CT molecular complexity index is 1300. The highest BCUT2D eigenvalue weighted by atomic mass is 79.9. The van der Waals surface area contributed by atoms with E-state index < -0.39 is 17.6 Å². The van der Waals surface area contributed by atoms with Gasteiger partial charge in [0.15, 0.2) is 4.32 Å². The molecule has 0 aromatic heterocycles. The molecule has 0 aliphatic carbocycles. The van der Waals surface area contributed by atoms with Crippen LogP contribution >= 0.6 is 51.5 Å². The summed E-state index contributed by atoms with van der Waals surface area (Å²) in [6, 6.07) is 17.1. The standard InChI is InChI=1S/C24H14BrClF3NO2S2/c25-17-6-9-20(32-13-14-4-7-18(26)8-5-14)15(10-17)11-21-22(31)30(23(33)34-21)19-3-1-2-16(12-19)24(27,28)29/h1-12H,13H2. The lowest BCUT2D eigenvalue weighted by Gasteiger charge is -2.16. The number of hydrogen-bond acceptors (Lipinski definition) is 4. The molecule has 1 heterocycles. The van der Waals surface area contributed by atoms with Crippen molar-refractivity contribution >= 4 is 73.5 Å². The average molecular weight is 585 g/mol. The Morgan fingerprint density at radius 2 is 1.82 bits per heavy atom. The van der Waals surface area contributed by atoms with Crippen molar-refractivity contribution < 1.29 is 22.7 Å². The molecule has 0 saturated carbocycles. The molecule has 0 radical (unpaired) electrons. The zero-order valence-corrected chi connectivity index (χ0v) is 21.1. The van der Waals surface area contributed by atoms with Gasteiger partial charge in [-0.2, -0.15) is 13.2 Å². The van der Waals surface area contributed by atoms with E-state index in [0.29, 0.717) is 16.3 Å². The first kappa shape index (κ1) is 24.8. The molecule has 1 aliphatic heterocycles. The average Bonchev–Trinajstić information content (AvgIpc) is 3.06. The van der Waals surface area contributed by atoms with Crippen molar-refractivity contribution in [1.82, 2.24) is 0 Å². The summed E-state index contributed by atoms with van der Waals surface area (Å²) in [5.74, 6) is 0.0282. The summed E-state index contributed by atoms with van der Waals surface area (Å²) in [5, 5.41) is 0.621. The Balaban J connectivity index is 1.61. The van der Waals surface area contributed by atoms with Crippen LogP contribution < -0.4 is 9.64 Å². The molecule has 3 aromatic carbocycles. The zero-order chi connectivity index (χ0) is 24.5. The SMILES string of the molecule is O=C1C(=Cc2cc(Br)ccc2OCc2ccc(Cl)cc2)SC(=S)N1c1cccc(C(F)(F)F)c1. The van der Waals surface area contributed by atoms with Crippen LogP contribution in [-0.2, 0) is 17.6 Å². The van der Waals surface area contributed by atoms with Crippen molar-refractivity contribution in [2.75, 3.05) is 4.90 Å². The van der Waals surface area contributed by atoms with E-state index in [1.165, 1.54) is 12.1 Å². The molecular weight excluding hydrogens is 571 g/mol. The lowest BCUT2D eigenvalue weighted by molar-refractivity contribution is -0.137. The van der Waals surface area contributed by atoms with Crippen LogP contribution in [0.5, 0.6) is 5.75 Å². The van der Waals surface area contributed by atoms with Crippen LogP contribution in [0.1, 0.15) is 16.7 Å². The number of thioether (sulfide) groups is 1. The summed E-state index contributed by atoms with van der Waals surface area (Å²) in [6.07, 6.45) is -2.91. The Morgan fingerprint density at radius 1 is 1.09 bits per heavy atom. The third-order valence-electron chi connectivity index (χ3n) is 4.79. The molecule has 1 amide bonds. The third kappa shape index (κ3) is 5.66. The molecule has 0 spiro atoms. The van der Waals surface area contributed by atoms with Gasteiger partial charge in [-0.3, -0.25) is 9.69 Å². The smallest absolute Gasteiger partial charge is 0.416 e. The van der Waals surface area contributed by atoms with Crippen molar-refractivity contribution in [3.8, 4) is 5.75 Å². The van der Waals surface area contributed by atoms with Gasteiger partial charge < -0.3 is 4.74 Å². The first-order valence-corrected chi connectivity index (χ1v) is 12.1. The summed E-state index contributed by atoms with van der Waals surface area (Å²) >= 11 is 15.7. The summed E-state index contributed by atoms with van der Waals surface area (Å²) in [5.41, 5.74) is 0.740. The second kappa shape index (κ2) is 10.1. The van der Waals surface area contributed by atoms with E-state index >= 15 is 0 Å². The third-order valence-corrected chi connectivity index (χ3v) is 6.84. The Kier molecular flexibility index (Phi) is 7.37. The number of halogens is 5. The number of rotatable bonds is 5. The maximum atomic E-state index is 13.1. The predicted octanol–water partition coefficient (Wildman–Crippen LogP) is 8.11. The second-order valence-corrected chi connectivity index (χ2v) is 10.2. The Hall–Kier alpha value is -2.33. The van der Waals surface area contributed by atoms with Gasteiger partial charge in [-0.25, -0.2) is 0 Å². The number of carbonyl (C=O) groups is 1. The van der Waals surface area contributed by atoms with E-state index in [2.05, 4.69) is 15.9 Å². The number of hydrogen-bond donors (Lipinski definition) is 0. The van der Waals surface area contributed by atoms with Crippen LogP contribution in [0.15, 0.2) is 76.1 Å². The number of carbonyl (C=O) groups excluding carboxylic acids is 1. The quantitative estimate of drug-likeness (QED) is 0.224. The fraction of sp³-hybridized carbons (Fsp3) is 0.0833. The van der Waals surface area contributed by atoms with E-state index in [9.17, 15) is 18.0 Å². The van der Waals surface area contributed by atoms with Crippen molar-refractivity contribution in [3.63, 3.8) is 0 Å². The fourth-order valence-corrected chi connectivity index (χ4v) is 4.95. The van der Waals surface area contributed by atoms with Gasteiger partial charge in [-0.1, -0.05) is 69.7 Å². The van der Waals surface area contributed by atoms with Crippen molar-refractivity contribution in [1.29, 1.82) is 0 Å². The topological polar surface area (TPSA) is 29.5 Å². The first-order valence-electron chi connectivity index (χ1n) is 9.74. The van der Waals surface area contributed by atoms with Crippen LogP contribution in [-0.4, -0.2) is 10.2 Å². The lowest BCUT2D eigenvalue weighted by atomic mass is 10.1. The Labute approximate surface area is 216 Å². The van der Waals surface area contributed by atoms with Crippen LogP contribution in [0, 0.1) is 0 Å². The number of benzene rings is 3. The first-order chi connectivity index (χ1) is 16.1. The number of alkyl halides is 3. The minimum absolute atomic E-state index is 0.0641. The summed E-state index contributed by atoms with van der Waals surface area (Å²) in [7, 11) is 0. The van der Waals surface area contributed by atoms with Crippen LogP contribution in [0.4, 0.5) is 18.9 Å². The van der Waals surface area contributed by atoms with Gasteiger partial charge in [0.25, 0.3) is 5.91 Å². The van der Waals surface area contributed by atoms with Gasteiger partial charge in [-0.15, -0.1) is 0 Å². The molecule has 1 fully saturated rings. The minimum atomic E-state index is -4.53. The van der Waals surface area contributed by atoms with E-state index in [1.807, 2.05) is 18.2 Å². The van der Waals surface area contributed by atoms with Gasteiger partial charge in [0.05, 0.1) is 16.2 Å². The van der Waals surface area contributed by atoms with Gasteiger partial charge >= 0.3 is 6.18 Å². The second-order valence-electron chi connectivity index (χ2n) is 7.16. The molecule has 3 nitrogen and oxygen atoms in total. The largest absolute Gasteiger partial charge is 0.488 e. The molecule has 0 N–H and O–H groups in total. The molecule has 10 heteroatoms. The molecule has 0 atom stereocenters. The van der Waals surface area contributed by atoms with Crippen molar-refractivity contribution in [2.24, 2.45) is 0 Å². The molecule has 4 rings (SSSR count). The lowest BCUT2D eigenvalue weighted by Crippen LogP contribution is -2.27. The number of anilines is 1. The highest BCUT2D eigenvalue weighted by Crippen LogP contribution is 2.39. The monoisotopic (exact) mass is 583 g/mol. The molecule has 174 valence electrons.